The molecular formula is C83H106Cl3F6NO26S. The SMILES string of the molecule is C.C.Cc1ccc(S(=O)(=O)OCCOCC(F)F)cc1.O=C(O)[C@@H]1CCCN1.[2H]C([2H])(c1ccc(O)cc1)c1cc(C2O[C@H](CO)[C@@H](O)[C@H](O)[C@H]2O)ccc1Cl.[2H]C([2H])(c1ccc(OCCOCC(F)F)cc1)c1cc([C@@H]2O[C@H](CO)[C@@H](O)[C@H](O)[C@H]2O)ccc1Cl.[2H]C([2H])(c1ccc(OCCOCC(F)F)cc1)c1cc([C@@H]2O[C@H](CO)[C@@H](O)[C@H](O)[C@H]2O)ccc1Cl. The second-order valence-corrected chi connectivity index (χ2v) is 29.4. The van der Waals surface area contributed by atoms with Gasteiger partial charge < -0.3 is 115 Å². The second kappa shape index (κ2) is 51.9. The van der Waals surface area contributed by atoms with Gasteiger partial charge in [0.2, 0.25) is 0 Å². The largest absolute Gasteiger partial charge is 0.508 e. The van der Waals surface area contributed by atoms with E-state index in [2.05, 4.69) is 14.2 Å². The summed E-state index contributed by atoms with van der Waals surface area (Å²) in [5.74, 6) is 0.0703. The molecule has 0 amide bonds. The average Bonchev–Trinajstić information content (AvgIpc) is 0.801. The standard InChI is InChI=1S/2C23H27ClF2O7.C19H21ClO6.C11H14F2O4S.C5H9NO2.2CH4/c2*24-17-6-3-14(23-22(30)21(29)20(28)18(11-27)33-23)10-15(17)9-13-1-4-16(5-2-13)32-8-7-31-12-19(25)26;20-14-6-3-11(8-12(14)7-10-1-4-13(22)5-2-10)19-18(25)17(24)16(23)15(9-21)26-19;1-9-2-4-10(5-3-9)18(14,15)17-7-6-16-8-11(12)13;7-5(8)4-2-1-3-6-4;;/h2*1-6,10,18-23,27-30H,7-9,11-12H2;1-6,8,15-19,21-25H,7,9H2;2-5,11H,6-8H2,1H3;4,6H,1-3H2,(H,7,8);2*1H4/t2*18-,20-,21+,22-,23+;15-,16-,17+,18-,19?;;4-;;/m111.0../s1/i2*9D2;7D2;;;;. The number of nitrogens with one attached hydrogen (secondary N) is 1. The fourth-order valence-corrected chi connectivity index (χ4v) is 13.1. The molecule has 11 rings (SSSR count). The fourth-order valence-electron chi connectivity index (χ4n) is 11.7. The van der Waals surface area contributed by atoms with E-state index in [1.807, 2.05) is 6.92 Å². The second-order valence-electron chi connectivity index (χ2n) is 26.6. The Hall–Kier alpha value is -6.99. The minimum Gasteiger partial charge on any atom is -0.508 e. The number of aromatic hydroxyl groups is 1. The predicted octanol–water partition coefficient (Wildman–Crippen LogP) is 8.44. The van der Waals surface area contributed by atoms with Gasteiger partial charge in [0.05, 0.1) is 51.1 Å². The lowest BCUT2D eigenvalue weighted by molar-refractivity contribution is -0.231. The fraction of sp³-hybridized carbons (Fsp3) is 0.482. The van der Waals surface area contributed by atoms with Crippen molar-refractivity contribution in [2.45, 2.75) is 176 Å². The molecule has 27 nitrogen and oxygen atoms in total. The van der Waals surface area contributed by atoms with Crippen molar-refractivity contribution in [1.29, 1.82) is 0 Å². The number of rotatable bonds is 32. The number of phenols is 1. The molecular weight excluding hydrogens is 1680 g/mol. The zero-order valence-electron chi connectivity index (χ0n) is 69.0. The van der Waals surface area contributed by atoms with Gasteiger partial charge in [-0.15, -0.1) is 0 Å². The van der Waals surface area contributed by atoms with Crippen molar-refractivity contribution in [2.75, 3.05) is 85.8 Å². The first kappa shape index (κ1) is 93.7. The maximum atomic E-state index is 12.1. The molecule has 4 aliphatic rings. The molecule has 4 heterocycles. The van der Waals surface area contributed by atoms with Crippen molar-refractivity contribution in [3.8, 4) is 17.2 Å². The van der Waals surface area contributed by atoms with Crippen molar-refractivity contribution < 1.29 is 161 Å². The third kappa shape index (κ3) is 32.3. The van der Waals surface area contributed by atoms with Crippen LogP contribution in [0.3, 0.4) is 0 Å². The number of aryl methyl sites for hydroxylation is 1. The zero-order valence-corrected chi connectivity index (χ0v) is 66.1. The number of benzene rings is 7. The van der Waals surface area contributed by atoms with Gasteiger partial charge in [-0.2, -0.15) is 8.42 Å². The molecule has 37 heteroatoms. The van der Waals surface area contributed by atoms with Crippen LogP contribution in [0.25, 0.3) is 0 Å². The first-order chi connectivity index (χ1) is 58.5. The molecule has 0 bridgehead atoms. The quantitative estimate of drug-likeness (QED) is 0.0107. The van der Waals surface area contributed by atoms with Crippen LogP contribution in [0.15, 0.2) is 157 Å². The zero-order chi connectivity index (χ0) is 91.7. The number of aliphatic carboxylic acids is 1. The van der Waals surface area contributed by atoms with Crippen LogP contribution in [-0.4, -0.2) is 270 Å². The third-order valence-electron chi connectivity index (χ3n) is 17.9. The Bertz CT molecular complexity index is 4390. The van der Waals surface area contributed by atoms with E-state index in [0.717, 1.165) is 24.9 Å². The molecule has 4 aliphatic heterocycles. The Kier molecular flexibility index (Phi) is 40.6. The van der Waals surface area contributed by atoms with Gasteiger partial charge >= 0.3 is 5.97 Å². The minimum atomic E-state index is -3.85. The summed E-state index contributed by atoms with van der Waals surface area (Å²) in [7, 11) is -3.85. The first-order valence-corrected chi connectivity index (χ1v) is 39.1. The van der Waals surface area contributed by atoms with E-state index in [1.165, 1.54) is 140 Å². The lowest BCUT2D eigenvalue weighted by atomic mass is 9.90. The van der Waals surface area contributed by atoms with Crippen molar-refractivity contribution >= 4 is 50.9 Å². The van der Waals surface area contributed by atoms with Crippen LogP contribution in [0.1, 0.15) is 110 Å². The van der Waals surface area contributed by atoms with E-state index < -0.39 is 186 Å². The molecule has 7 aromatic rings. The molecule has 0 radical (unpaired) electrons. The number of phenolic OH excluding ortho intramolecular Hbond substituents is 1. The number of hydrogen-bond donors (Lipinski definition) is 15. The number of halogens is 9. The summed E-state index contributed by atoms with van der Waals surface area (Å²) in [6.45, 7) is -1.56. The molecule has 668 valence electrons. The van der Waals surface area contributed by atoms with Gasteiger partial charge in [-0.25, -0.2) is 26.3 Å². The molecule has 0 aliphatic carbocycles. The Balaban J connectivity index is 0.000000293. The van der Waals surface area contributed by atoms with Gasteiger partial charge in [0.25, 0.3) is 29.4 Å². The van der Waals surface area contributed by atoms with Crippen LogP contribution in [0.4, 0.5) is 26.3 Å². The Labute approximate surface area is 715 Å². The lowest BCUT2D eigenvalue weighted by Crippen LogP contribution is -2.55. The number of aliphatic hydroxyl groups is 12. The molecule has 120 heavy (non-hydrogen) atoms. The maximum absolute atomic E-state index is 12.1. The highest BCUT2D eigenvalue weighted by molar-refractivity contribution is 7.86. The van der Waals surface area contributed by atoms with Gasteiger partial charge in [-0.3, -0.25) is 8.98 Å². The number of carboxylic acids is 1. The highest BCUT2D eigenvalue weighted by Gasteiger charge is 2.47. The first-order valence-electron chi connectivity index (χ1n) is 39.6. The van der Waals surface area contributed by atoms with Crippen molar-refractivity contribution in [3.63, 3.8) is 0 Å². The van der Waals surface area contributed by atoms with Gasteiger partial charge in [0, 0.05) is 23.3 Å². The molecule has 0 spiro atoms. The number of alkyl halides is 6. The summed E-state index contributed by atoms with van der Waals surface area (Å²) in [5.41, 5.74) is 2.85. The number of carbonyl (C=O) groups is 1. The van der Waals surface area contributed by atoms with E-state index in [9.17, 15) is 106 Å². The molecule has 0 aromatic heterocycles. The Morgan fingerprint density at radius 2 is 0.800 bits per heavy atom. The van der Waals surface area contributed by atoms with E-state index >= 15 is 0 Å². The van der Waals surface area contributed by atoms with Gasteiger partial charge in [-0.1, -0.05) is 140 Å². The summed E-state index contributed by atoms with van der Waals surface area (Å²) in [5, 5.41) is 140. The van der Waals surface area contributed by atoms with Crippen LogP contribution in [-0.2, 0) is 66.6 Å². The summed E-state index contributed by atoms with van der Waals surface area (Å²) < 4.78 is 193. The highest BCUT2D eigenvalue weighted by atomic mass is 35.5. The smallest absolute Gasteiger partial charge is 0.320 e. The highest BCUT2D eigenvalue weighted by Crippen LogP contribution is 2.39. The van der Waals surface area contributed by atoms with E-state index in [4.69, 9.17) is 81.3 Å². The van der Waals surface area contributed by atoms with E-state index in [1.54, 1.807) is 12.1 Å². The Morgan fingerprint density at radius 3 is 1.09 bits per heavy atom. The normalized spacial score (nSPS) is 25.0. The van der Waals surface area contributed by atoms with Gasteiger partial charge in [0.1, 0.15) is 148 Å². The lowest BCUT2D eigenvalue weighted by Gasteiger charge is -2.40. The molecule has 7 aromatic carbocycles. The summed E-state index contributed by atoms with van der Waals surface area (Å²) in [6, 6.07) is 36.6. The van der Waals surface area contributed by atoms with Crippen LogP contribution < -0.4 is 14.8 Å². The van der Waals surface area contributed by atoms with Crippen LogP contribution in [0, 0.1) is 6.92 Å². The van der Waals surface area contributed by atoms with Crippen molar-refractivity contribution in [2.24, 2.45) is 0 Å². The molecule has 4 saturated heterocycles. The van der Waals surface area contributed by atoms with Crippen molar-refractivity contribution in [1.82, 2.24) is 5.32 Å². The van der Waals surface area contributed by atoms with Crippen LogP contribution in [0.5, 0.6) is 17.2 Å². The Morgan fingerprint density at radius 1 is 0.475 bits per heavy atom. The van der Waals surface area contributed by atoms with Gasteiger partial charge in [0.15, 0.2) is 0 Å². The van der Waals surface area contributed by atoms with Gasteiger partial charge in [-0.05, 0) is 162 Å². The minimum absolute atomic E-state index is 0. The van der Waals surface area contributed by atoms with E-state index in [-0.39, 0.29) is 120 Å². The molecule has 15 N–H and O–H groups in total. The van der Waals surface area contributed by atoms with Crippen molar-refractivity contribution in [3.05, 3.63) is 222 Å². The average molecular weight is 1790 g/mol. The number of carboxylic acid groups (broad SMARTS) is 1. The molecule has 16 atom stereocenters. The molecule has 1 unspecified atom stereocenters. The number of hydrogen-bond acceptors (Lipinski definition) is 26. The monoisotopic (exact) mass is 1790 g/mol. The third-order valence-corrected chi connectivity index (χ3v) is 20.2. The summed E-state index contributed by atoms with van der Waals surface area (Å²) in [6.07, 6.45) is -32.5. The van der Waals surface area contributed by atoms with E-state index in [0.29, 0.717) is 28.2 Å². The van der Waals surface area contributed by atoms with Crippen LogP contribution in [0.2, 0.25) is 15.1 Å². The van der Waals surface area contributed by atoms with Crippen LogP contribution >= 0.6 is 34.8 Å². The molecule has 0 saturated carbocycles. The number of ether oxygens (including phenoxy) is 8. The summed E-state index contributed by atoms with van der Waals surface area (Å²) in [4.78, 5) is 10.2. The number of aliphatic hydroxyl groups excluding tert-OH is 12. The maximum Gasteiger partial charge on any atom is 0.320 e. The molecule has 4 fully saturated rings. The summed E-state index contributed by atoms with van der Waals surface area (Å²) >= 11 is 18.8. The predicted molar refractivity (Wildman–Crippen MR) is 430 cm³/mol. The topological polar surface area (TPSA) is 430 Å².